The molecule has 10 rings (SSSR count). The highest BCUT2D eigenvalue weighted by atomic mass is 15.0. The van der Waals surface area contributed by atoms with Gasteiger partial charge >= 0.3 is 0 Å². The van der Waals surface area contributed by atoms with Crippen molar-refractivity contribution in [2.45, 2.75) is 19.3 Å². The second kappa shape index (κ2) is 11.3. The molecule has 1 aliphatic carbocycles. The van der Waals surface area contributed by atoms with Crippen molar-refractivity contribution in [1.29, 1.82) is 0 Å². The van der Waals surface area contributed by atoms with E-state index in [0.717, 1.165) is 22.3 Å². The fourth-order valence-corrected chi connectivity index (χ4v) is 8.08. The molecule has 240 valence electrons. The van der Waals surface area contributed by atoms with Gasteiger partial charge in [-0.3, -0.25) is 0 Å². The molecule has 0 saturated heterocycles. The summed E-state index contributed by atoms with van der Waals surface area (Å²) in [5.41, 5.74) is 10.7. The Morgan fingerprint density at radius 1 is 0.314 bits per heavy atom. The zero-order valence-electron chi connectivity index (χ0n) is 28.4. The van der Waals surface area contributed by atoms with Crippen molar-refractivity contribution in [3.05, 3.63) is 175 Å². The van der Waals surface area contributed by atoms with Gasteiger partial charge < -0.3 is 0 Å². The summed E-state index contributed by atoms with van der Waals surface area (Å²) in [5, 5.41) is 7.73. The summed E-state index contributed by atoms with van der Waals surface area (Å²) in [6.45, 7) is 4.72. The quantitative estimate of drug-likeness (QED) is 0.178. The van der Waals surface area contributed by atoms with Gasteiger partial charge in [0.05, 0.1) is 0 Å². The topological polar surface area (TPSA) is 38.7 Å². The molecule has 9 aromatic rings. The van der Waals surface area contributed by atoms with Crippen molar-refractivity contribution in [2.75, 3.05) is 0 Å². The largest absolute Gasteiger partial charge is 0.208 e. The molecule has 51 heavy (non-hydrogen) atoms. The average molecular weight is 652 g/mol. The van der Waals surface area contributed by atoms with Gasteiger partial charge in [0, 0.05) is 22.1 Å². The summed E-state index contributed by atoms with van der Waals surface area (Å²) in [7, 11) is 0. The number of hydrogen-bond donors (Lipinski definition) is 0. The minimum absolute atomic E-state index is 0.0535. The summed E-state index contributed by atoms with van der Waals surface area (Å²) < 4.78 is 0. The Bertz CT molecular complexity index is 2740. The van der Waals surface area contributed by atoms with E-state index in [4.69, 9.17) is 15.0 Å². The van der Waals surface area contributed by atoms with Crippen LogP contribution in [0.3, 0.4) is 0 Å². The van der Waals surface area contributed by atoms with Crippen molar-refractivity contribution in [1.82, 2.24) is 15.0 Å². The molecule has 8 aromatic carbocycles. The first-order chi connectivity index (χ1) is 25.0. The standard InChI is InChI=1S/C48H33N3/c1-48(2)43-20-12-11-19-38(43)42-28-40-36-18-10-9-17-35(36)39-27-34(25-26-37(39)41(40)29-44(42)48)30-21-23-33(24-22-30)47-50-45(31-13-5-3-6-14-31)49-46(51-47)32-15-7-4-8-16-32/h3-29H,1-2H3. The lowest BCUT2D eigenvalue weighted by Gasteiger charge is -2.22. The molecule has 0 aliphatic heterocycles. The third-order valence-electron chi connectivity index (χ3n) is 10.7. The van der Waals surface area contributed by atoms with Gasteiger partial charge in [-0.25, -0.2) is 15.0 Å². The molecule has 0 saturated carbocycles. The first-order valence-corrected chi connectivity index (χ1v) is 17.5. The smallest absolute Gasteiger partial charge is 0.164 e. The number of benzene rings is 8. The van der Waals surface area contributed by atoms with E-state index in [1.54, 1.807) is 0 Å². The van der Waals surface area contributed by atoms with E-state index in [1.807, 2.05) is 60.7 Å². The second-order valence-corrected chi connectivity index (χ2v) is 14.0. The summed E-state index contributed by atoms with van der Waals surface area (Å²) in [6.07, 6.45) is 0. The van der Waals surface area contributed by atoms with E-state index in [1.165, 1.54) is 60.1 Å². The maximum Gasteiger partial charge on any atom is 0.164 e. The fraction of sp³-hybridized carbons (Fsp3) is 0.0625. The molecule has 0 bridgehead atoms. The highest BCUT2D eigenvalue weighted by molar-refractivity contribution is 6.26. The van der Waals surface area contributed by atoms with E-state index in [2.05, 4.69) is 117 Å². The van der Waals surface area contributed by atoms with Crippen molar-refractivity contribution in [3.63, 3.8) is 0 Å². The highest BCUT2D eigenvalue weighted by Crippen LogP contribution is 2.51. The minimum Gasteiger partial charge on any atom is -0.208 e. The van der Waals surface area contributed by atoms with Crippen LogP contribution in [0, 0.1) is 0 Å². The summed E-state index contributed by atoms with van der Waals surface area (Å²) in [4.78, 5) is 14.7. The van der Waals surface area contributed by atoms with Crippen LogP contribution < -0.4 is 0 Å². The molecule has 3 heteroatoms. The SMILES string of the molecule is CC1(C)c2ccccc2-c2cc3c4ccccc4c4cc(-c5ccc(-c6nc(-c7ccccc7)nc(-c7ccccc7)n6)cc5)ccc4c3cc21. The normalized spacial score (nSPS) is 13.1. The minimum atomic E-state index is -0.0535. The van der Waals surface area contributed by atoms with Gasteiger partial charge in [-0.1, -0.05) is 159 Å². The monoisotopic (exact) mass is 651 g/mol. The molecule has 0 spiro atoms. The zero-order valence-corrected chi connectivity index (χ0v) is 28.4. The number of rotatable bonds is 4. The Labute approximate surface area is 297 Å². The summed E-state index contributed by atoms with van der Waals surface area (Å²) in [5.74, 6) is 1.98. The maximum atomic E-state index is 4.93. The van der Waals surface area contributed by atoms with Crippen molar-refractivity contribution in [2.24, 2.45) is 0 Å². The number of hydrogen-bond acceptors (Lipinski definition) is 3. The third-order valence-corrected chi connectivity index (χ3v) is 10.7. The molecule has 3 nitrogen and oxygen atoms in total. The lowest BCUT2D eigenvalue weighted by Crippen LogP contribution is -2.14. The average Bonchev–Trinajstić information content (AvgIpc) is 3.43. The van der Waals surface area contributed by atoms with Crippen LogP contribution in [0.4, 0.5) is 0 Å². The lowest BCUT2D eigenvalue weighted by molar-refractivity contribution is 0.661. The molecule has 0 fully saturated rings. The maximum absolute atomic E-state index is 4.93. The molecule has 0 radical (unpaired) electrons. The van der Waals surface area contributed by atoms with E-state index in [9.17, 15) is 0 Å². The van der Waals surface area contributed by atoms with E-state index in [0.29, 0.717) is 17.5 Å². The fourth-order valence-electron chi connectivity index (χ4n) is 8.08. The van der Waals surface area contributed by atoms with Crippen LogP contribution in [0.2, 0.25) is 0 Å². The Hall–Kier alpha value is -6.45. The van der Waals surface area contributed by atoms with E-state index < -0.39 is 0 Å². The highest BCUT2D eigenvalue weighted by Gasteiger charge is 2.35. The van der Waals surface area contributed by atoms with Crippen LogP contribution in [-0.4, -0.2) is 15.0 Å². The summed E-state index contributed by atoms with van der Waals surface area (Å²) in [6, 6.07) is 58.4. The first-order valence-electron chi connectivity index (χ1n) is 17.5. The lowest BCUT2D eigenvalue weighted by atomic mass is 9.81. The van der Waals surface area contributed by atoms with E-state index >= 15 is 0 Å². The van der Waals surface area contributed by atoms with Gasteiger partial charge in [-0.2, -0.15) is 0 Å². The van der Waals surface area contributed by atoms with Crippen LogP contribution in [0.1, 0.15) is 25.0 Å². The van der Waals surface area contributed by atoms with Crippen molar-refractivity contribution in [3.8, 4) is 56.4 Å². The second-order valence-electron chi connectivity index (χ2n) is 14.0. The van der Waals surface area contributed by atoms with Crippen LogP contribution in [0.25, 0.3) is 88.7 Å². The molecule has 1 aromatic heterocycles. The van der Waals surface area contributed by atoms with Crippen LogP contribution in [0.5, 0.6) is 0 Å². The van der Waals surface area contributed by atoms with Crippen molar-refractivity contribution >= 4 is 32.3 Å². The van der Waals surface area contributed by atoms with Crippen LogP contribution in [0.15, 0.2) is 164 Å². The predicted molar refractivity (Wildman–Crippen MR) is 212 cm³/mol. The van der Waals surface area contributed by atoms with E-state index in [-0.39, 0.29) is 5.41 Å². The summed E-state index contributed by atoms with van der Waals surface area (Å²) >= 11 is 0. The Kier molecular flexibility index (Phi) is 6.53. The van der Waals surface area contributed by atoms with Gasteiger partial charge in [-0.05, 0) is 83.9 Å². The van der Waals surface area contributed by atoms with Crippen molar-refractivity contribution < 1.29 is 0 Å². The molecule has 0 N–H and O–H groups in total. The van der Waals surface area contributed by atoms with Gasteiger partial charge in [-0.15, -0.1) is 0 Å². The first kappa shape index (κ1) is 29.5. The van der Waals surface area contributed by atoms with Gasteiger partial charge in [0.25, 0.3) is 0 Å². The van der Waals surface area contributed by atoms with Gasteiger partial charge in [0.15, 0.2) is 17.5 Å². The predicted octanol–water partition coefficient (Wildman–Crippen LogP) is 12.3. The van der Waals surface area contributed by atoms with Crippen LogP contribution >= 0.6 is 0 Å². The molecule has 0 unspecified atom stereocenters. The van der Waals surface area contributed by atoms with Gasteiger partial charge in [0.2, 0.25) is 0 Å². The molecule has 1 aliphatic rings. The molecule has 0 amide bonds. The number of aromatic nitrogens is 3. The molecular weight excluding hydrogens is 619 g/mol. The Balaban J connectivity index is 1.09. The van der Waals surface area contributed by atoms with Crippen LogP contribution in [-0.2, 0) is 5.41 Å². The zero-order chi connectivity index (χ0) is 34.1. The molecule has 0 atom stereocenters. The molecule has 1 heterocycles. The number of nitrogens with zero attached hydrogens (tertiary/aromatic N) is 3. The Morgan fingerprint density at radius 3 is 1.39 bits per heavy atom. The third kappa shape index (κ3) is 4.69. The van der Waals surface area contributed by atoms with Gasteiger partial charge in [0.1, 0.15) is 0 Å². The number of fused-ring (bicyclic) bond motifs is 9. The Morgan fingerprint density at radius 2 is 0.765 bits per heavy atom. The molecular formula is C48H33N3.